The highest BCUT2D eigenvalue weighted by Gasteiger charge is 2.20. The first kappa shape index (κ1) is 14.0. The molecule has 0 aliphatic heterocycles. The number of hydrogen-bond donors (Lipinski definition) is 2. The highest BCUT2D eigenvalue weighted by atomic mass is 79.9. The Balaban J connectivity index is 1.82. The lowest BCUT2D eigenvalue weighted by Crippen LogP contribution is -2.31. The number of carbonyl (C=O) groups excluding carboxylic acids is 1. The summed E-state index contributed by atoms with van der Waals surface area (Å²) in [6.45, 7) is 0.630. The van der Waals surface area contributed by atoms with E-state index in [2.05, 4.69) is 26.2 Å². The molecule has 0 bridgehead atoms. The Labute approximate surface area is 119 Å². The number of nitrogens with one attached hydrogen (secondary N) is 2. The summed E-state index contributed by atoms with van der Waals surface area (Å²) in [5.74, 6) is 0.219. The fraction of sp³-hybridized carbons (Fsp3) is 0.583. The number of rotatable bonds is 4. The maximum absolute atomic E-state index is 11.8. The Kier molecular flexibility index (Phi) is 4.57. The van der Waals surface area contributed by atoms with E-state index in [0.717, 1.165) is 25.7 Å². The SMILES string of the molecule is O=C(NCC1CCC(Br)CC1)c1cc([N+](=O)[O-])c[nH]1. The normalized spacial score (nSPS) is 23.0. The molecule has 1 heterocycles. The van der Waals surface area contributed by atoms with Crippen LogP contribution in [0, 0.1) is 16.0 Å². The van der Waals surface area contributed by atoms with Crippen LogP contribution in [0.15, 0.2) is 12.3 Å². The predicted octanol–water partition coefficient (Wildman–Crippen LogP) is 2.61. The summed E-state index contributed by atoms with van der Waals surface area (Å²) in [7, 11) is 0. The van der Waals surface area contributed by atoms with Gasteiger partial charge in [0.25, 0.3) is 11.6 Å². The van der Waals surface area contributed by atoms with Crippen molar-refractivity contribution in [2.45, 2.75) is 30.5 Å². The van der Waals surface area contributed by atoms with Crippen molar-refractivity contribution in [3.05, 3.63) is 28.1 Å². The van der Waals surface area contributed by atoms with Crippen LogP contribution < -0.4 is 5.32 Å². The first-order valence-electron chi connectivity index (χ1n) is 6.31. The van der Waals surface area contributed by atoms with Crippen LogP contribution in [0.1, 0.15) is 36.2 Å². The van der Waals surface area contributed by atoms with Gasteiger partial charge in [0.2, 0.25) is 0 Å². The first-order chi connectivity index (χ1) is 9.06. The number of hydrogen-bond acceptors (Lipinski definition) is 3. The van der Waals surface area contributed by atoms with E-state index < -0.39 is 4.92 Å². The van der Waals surface area contributed by atoms with E-state index in [4.69, 9.17) is 0 Å². The number of alkyl halides is 1. The zero-order chi connectivity index (χ0) is 13.8. The van der Waals surface area contributed by atoms with Crippen molar-refractivity contribution in [2.75, 3.05) is 6.54 Å². The van der Waals surface area contributed by atoms with Gasteiger partial charge in [0, 0.05) is 17.4 Å². The monoisotopic (exact) mass is 329 g/mol. The molecule has 1 amide bonds. The summed E-state index contributed by atoms with van der Waals surface area (Å²) < 4.78 is 0. The molecule has 0 unspecified atom stereocenters. The summed E-state index contributed by atoms with van der Waals surface area (Å²) >= 11 is 3.59. The van der Waals surface area contributed by atoms with E-state index in [1.54, 1.807) is 0 Å². The van der Waals surface area contributed by atoms with Gasteiger partial charge in [-0.2, -0.15) is 0 Å². The molecule has 1 aliphatic carbocycles. The van der Waals surface area contributed by atoms with Gasteiger partial charge in [-0.15, -0.1) is 0 Å². The molecule has 1 fully saturated rings. The molecule has 0 saturated heterocycles. The number of halogens is 1. The average molecular weight is 330 g/mol. The molecule has 1 aromatic heterocycles. The fourth-order valence-corrected chi connectivity index (χ4v) is 2.81. The number of aromatic amines is 1. The molecule has 19 heavy (non-hydrogen) atoms. The zero-order valence-corrected chi connectivity index (χ0v) is 12.0. The van der Waals surface area contributed by atoms with Crippen molar-refractivity contribution >= 4 is 27.5 Å². The van der Waals surface area contributed by atoms with Gasteiger partial charge in [0.15, 0.2) is 0 Å². The summed E-state index contributed by atoms with van der Waals surface area (Å²) in [5.41, 5.74) is 0.144. The van der Waals surface area contributed by atoms with Crippen LogP contribution >= 0.6 is 15.9 Å². The maximum atomic E-state index is 11.8. The summed E-state index contributed by atoms with van der Waals surface area (Å²) in [6, 6.07) is 1.25. The van der Waals surface area contributed by atoms with Crippen LogP contribution in [-0.4, -0.2) is 27.2 Å². The van der Waals surface area contributed by atoms with Crippen LogP contribution in [0.3, 0.4) is 0 Å². The molecular weight excluding hydrogens is 314 g/mol. The van der Waals surface area contributed by atoms with Crippen molar-refractivity contribution in [1.29, 1.82) is 0 Å². The van der Waals surface area contributed by atoms with E-state index in [0.29, 0.717) is 17.3 Å². The highest BCUT2D eigenvalue weighted by molar-refractivity contribution is 9.09. The molecule has 6 nitrogen and oxygen atoms in total. The number of H-pyrrole nitrogens is 1. The molecule has 2 rings (SSSR count). The van der Waals surface area contributed by atoms with Crippen molar-refractivity contribution in [1.82, 2.24) is 10.3 Å². The molecule has 7 heteroatoms. The third kappa shape index (κ3) is 3.79. The van der Waals surface area contributed by atoms with Crippen molar-refractivity contribution < 1.29 is 9.72 Å². The topological polar surface area (TPSA) is 88.0 Å². The molecule has 0 aromatic carbocycles. The summed E-state index contributed by atoms with van der Waals surface area (Å²) in [6.07, 6.45) is 5.69. The van der Waals surface area contributed by atoms with E-state index in [9.17, 15) is 14.9 Å². The van der Waals surface area contributed by atoms with E-state index >= 15 is 0 Å². The van der Waals surface area contributed by atoms with Crippen LogP contribution in [0.4, 0.5) is 5.69 Å². The lowest BCUT2D eigenvalue weighted by molar-refractivity contribution is -0.384. The van der Waals surface area contributed by atoms with Crippen molar-refractivity contribution in [3.8, 4) is 0 Å². The van der Waals surface area contributed by atoms with Gasteiger partial charge >= 0.3 is 0 Å². The van der Waals surface area contributed by atoms with Gasteiger partial charge in [0.1, 0.15) is 5.69 Å². The second-order valence-electron chi connectivity index (χ2n) is 4.86. The lowest BCUT2D eigenvalue weighted by Gasteiger charge is -2.25. The van der Waals surface area contributed by atoms with Crippen molar-refractivity contribution in [2.24, 2.45) is 5.92 Å². The number of amides is 1. The van der Waals surface area contributed by atoms with Gasteiger partial charge in [0.05, 0.1) is 11.1 Å². The number of nitrogens with zero attached hydrogens (tertiary/aromatic N) is 1. The van der Waals surface area contributed by atoms with Crippen LogP contribution in [-0.2, 0) is 0 Å². The largest absolute Gasteiger partial charge is 0.351 e. The van der Waals surface area contributed by atoms with Gasteiger partial charge in [-0.3, -0.25) is 14.9 Å². The Morgan fingerprint density at radius 2 is 2.16 bits per heavy atom. The molecule has 1 aromatic rings. The van der Waals surface area contributed by atoms with Crippen LogP contribution in [0.25, 0.3) is 0 Å². The van der Waals surface area contributed by atoms with Gasteiger partial charge in [-0.25, -0.2) is 0 Å². The quantitative estimate of drug-likeness (QED) is 0.505. The second-order valence-corrected chi connectivity index (χ2v) is 6.15. The minimum atomic E-state index is -0.523. The van der Waals surface area contributed by atoms with Crippen LogP contribution in [0.5, 0.6) is 0 Å². The smallest absolute Gasteiger partial charge is 0.287 e. The molecule has 0 radical (unpaired) electrons. The lowest BCUT2D eigenvalue weighted by atomic mass is 9.89. The highest BCUT2D eigenvalue weighted by Crippen LogP contribution is 2.28. The van der Waals surface area contributed by atoms with E-state index in [-0.39, 0.29) is 17.3 Å². The number of aromatic nitrogens is 1. The standard InChI is InChI=1S/C12H16BrN3O3/c13-9-3-1-8(2-4-9)6-15-12(17)11-5-10(7-14-11)16(18)19/h5,7-9,14H,1-4,6H2,(H,15,17). The third-order valence-corrected chi connectivity index (χ3v) is 4.37. The average Bonchev–Trinajstić information content (AvgIpc) is 2.87. The van der Waals surface area contributed by atoms with Gasteiger partial charge in [-0.05, 0) is 31.6 Å². The minimum absolute atomic E-state index is 0.0926. The van der Waals surface area contributed by atoms with Crippen molar-refractivity contribution in [3.63, 3.8) is 0 Å². The summed E-state index contributed by atoms with van der Waals surface area (Å²) in [4.78, 5) is 25.0. The maximum Gasteiger partial charge on any atom is 0.287 e. The van der Waals surface area contributed by atoms with E-state index in [1.807, 2.05) is 0 Å². The van der Waals surface area contributed by atoms with E-state index in [1.165, 1.54) is 12.3 Å². The Morgan fingerprint density at radius 3 is 2.74 bits per heavy atom. The molecule has 1 aliphatic rings. The Hall–Kier alpha value is -1.37. The molecule has 104 valence electrons. The van der Waals surface area contributed by atoms with Crippen LogP contribution in [0.2, 0.25) is 0 Å². The number of carbonyl (C=O) groups is 1. The molecular formula is C12H16BrN3O3. The van der Waals surface area contributed by atoms with Gasteiger partial charge in [-0.1, -0.05) is 15.9 Å². The summed E-state index contributed by atoms with van der Waals surface area (Å²) in [5, 5.41) is 13.3. The predicted molar refractivity (Wildman–Crippen MR) is 74.5 cm³/mol. The Morgan fingerprint density at radius 1 is 1.47 bits per heavy atom. The number of nitro groups is 1. The molecule has 0 spiro atoms. The minimum Gasteiger partial charge on any atom is -0.351 e. The second kappa shape index (κ2) is 6.18. The molecule has 2 N–H and O–H groups in total. The van der Waals surface area contributed by atoms with Gasteiger partial charge < -0.3 is 10.3 Å². The fourth-order valence-electron chi connectivity index (χ4n) is 2.28. The Bertz CT molecular complexity index is 467. The first-order valence-corrected chi connectivity index (χ1v) is 7.23. The molecule has 0 atom stereocenters. The zero-order valence-electron chi connectivity index (χ0n) is 10.4. The third-order valence-electron chi connectivity index (χ3n) is 3.45. The molecule has 1 saturated carbocycles.